The number of hydrogen-bond donors (Lipinski definition) is 1. The van der Waals surface area contributed by atoms with Crippen molar-refractivity contribution in [3.05, 3.63) is 94.3 Å². The summed E-state index contributed by atoms with van der Waals surface area (Å²) in [7, 11) is 5.86. The van der Waals surface area contributed by atoms with Gasteiger partial charge in [0.25, 0.3) is 5.91 Å². The molecule has 0 saturated carbocycles. The second-order valence-corrected chi connectivity index (χ2v) is 9.23. The Labute approximate surface area is 227 Å². The lowest BCUT2D eigenvalue weighted by Gasteiger charge is -2.22. The molecule has 0 fully saturated rings. The van der Waals surface area contributed by atoms with Crippen molar-refractivity contribution >= 4 is 41.1 Å². The first kappa shape index (κ1) is 28.4. The zero-order valence-electron chi connectivity index (χ0n) is 21.5. The Bertz CT molecular complexity index is 1350. The lowest BCUT2D eigenvalue weighted by Crippen LogP contribution is -2.40. The highest BCUT2D eigenvalue weighted by Gasteiger charge is 2.26. The number of urea groups is 1. The van der Waals surface area contributed by atoms with Crippen LogP contribution in [0, 0.1) is 18.2 Å². The Kier molecular flexibility index (Phi) is 9.99. The van der Waals surface area contributed by atoms with Gasteiger partial charge in [-0.25, -0.2) is 14.1 Å². The number of amides is 3. The van der Waals surface area contributed by atoms with Gasteiger partial charge in [-0.05, 0) is 87.2 Å². The number of anilines is 2. The smallest absolute Gasteiger partial charge is 0.309 e. The number of terminal acetylenes is 1. The quantitative estimate of drug-likeness (QED) is 0.222. The normalized spacial score (nSPS) is 10.9. The fourth-order valence-electron chi connectivity index (χ4n) is 3.51. The molecule has 0 saturated heterocycles. The van der Waals surface area contributed by atoms with Crippen LogP contribution in [-0.4, -0.2) is 62.3 Å². The van der Waals surface area contributed by atoms with E-state index in [-0.39, 0.29) is 16.9 Å². The molecule has 0 aliphatic rings. The Morgan fingerprint density at radius 3 is 2.42 bits per heavy atom. The van der Waals surface area contributed by atoms with E-state index < -0.39 is 17.8 Å². The summed E-state index contributed by atoms with van der Waals surface area (Å²) >= 11 is 6.05. The minimum Gasteiger partial charge on any atom is -0.309 e. The monoisotopic (exact) mass is 533 g/mol. The van der Waals surface area contributed by atoms with Crippen LogP contribution in [0.2, 0.25) is 5.02 Å². The van der Waals surface area contributed by atoms with E-state index in [1.807, 2.05) is 21.1 Å². The van der Waals surface area contributed by atoms with Crippen molar-refractivity contribution in [1.82, 2.24) is 9.91 Å². The number of imide groups is 1. The third kappa shape index (κ3) is 7.90. The van der Waals surface area contributed by atoms with Crippen molar-refractivity contribution < 1.29 is 14.0 Å². The Morgan fingerprint density at radius 2 is 1.79 bits per heavy atom. The highest BCUT2D eigenvalue weighted by atomic mass is 35.5. The molecule has 0 unspecified atom stereocenters. The maximum absolute atomic E-state index is 14.9. The fourth-order valence-corrected chi connectivity index (χ4v) is 3.70. The van der Waals surface area contributed by atoms with Gasteiger partial charge in [-0.1, -0.05) is 29.7 Å². The van der Waals surface area contributed by atoms with Gasteiger partial charge in [0, 0.05) is 29.7 Å². The molecular weight excluding hydrogens is 505 g/mol. The average Bonchev–Trinajstić information content (AvgIpc) is 2.89. The maximum atomic E-state index is 14.9. The van der Waals surface area contributed by atoms with Gasteiger partial charge in [0.05, 0.1) is 17.6 Å². The Hall–Kier alpha value is -4.19. The molecule has 0 bridgehead atoms. The Balaban J connectivity index is 1.79. The summed E-state index contributed by atoms with van der Waals surface area (Å²) in [5, 5.41) is 8.94. The number of hydrogen-bond acceptors (Lipinski definition) is 5. The van der Waals surface area contributed by atoms with Gasteiger partial charge >= 0.3 is 6.03 Å². The molecular formula is C29H29ClFN5O2. The van der Waals surface area contributed by atoms with Crippen LogP contribution in [0.1, 0.15) is 27.9 Å². The van der Waals surface area contributed by atoms with Gasteiger partial charge in [0.1, 0.15) is 5.82 Å². The molecule has 0 aliphatic heterocycles. The first-order chi connectivity index (χ1) is 18.2. The van der Waals surface area contributed by atoms with Crippen LogP contribution in [0.5, 0.6) is 0 Å². The van der Waals surface area contributed by atoms with E-state index in [0.29, 0.717) is 16.1 Å². The molecule has 1 N–H and O–H groups in total. The summed E-state index contributed by atoms with van der Waals surface area (Å²) in [6, 6.07) is 16.0. The average molecular weight is 534 g/mol. The summed E-state index contributed by atoms with van der Waals surface area (Å²) in [4.78, 5) is 29.6. The largest absolute Gasteiger partial charge is 0.333 e. The van der Waals surface area contributed by atoms with Gasteiger partial charge in [-0.2, -0.15) is 5.10 Å². The standard InChI is InChI=1S/C29H29ClFN5O2/c1-5-21-10-13-25(14-11-21)36(28(37)23-8-6-9-24(30)19-23)29(38)33-27-15-12-22(18-26(27)31)20-32-35(4)17-7-16-34(2)3/h1,6,8-15,18-20H,7,16-17H2,2-4H3,(H,33,38). The van der Waals surface area contributed by atoms with Gasteiger partial charge in [-0.3, -0.25) is 4.79 Å². The van der Waals surface area contributed by atoms with Crippen LogP contribution in [0.3, 0.4) is 0 Å². The summed E-state index contributed by atoms with van der Waals surface area (Å²) in [6.45, 7) is 1.69. The number of benzene rings is 3. The van der Waals surface area contributed by atoms with Crippen molar-refractivity contribution in [2.24, 2.45) is 5.10 Å². The molecule has 3 aromatic rings. The molecule has 196 valence electrons. The van der Waals surface area contributed by atoms with E-state index in [0.717, 1.165) is 24.4 Å². The number of nitrogens with zero attached hydrogens (tertiary/aromatic N) is 4. The topological polar surface area (TPSA) is 68.2 Å². The fraction of sp³-hybridized carbons (Fsp3) is 0.207. The molecule has 9 heteroatoms. The predicted octanol–water partition coefficient (Wildman–Crippen LogP) is 5.56. The lowest BCUT2D eigenvalue weighted by atomic mass is 10.1. The highest BCUT2D eigenvalue weighted by Crippen LogP contribution is 2.23. The first-order valence-electron chi connectivity index (χ1n) is 11.8. The number of carbonyl (C=O) groups is 2. The molecule has 3 rings (SSSR count). The lowest BCUT2D eigenvalue weighted by molar-refractivity contribution is 0.0995. The molecule has 0 aliphatic carbocycles. The van der Waals surface area contributed by atoms with Crippen LogP contribution in [-0.2, 0) is 0 Å². The zero-order valence-corrected chi connectivity index (χ0v) is 22.2. The second kappa shape index (κ2) is 13.4. The summed E-state index contributed by atoms with van der Waals surface area (Å²) in [6.07, 6.45) is 7.91. The van der Waals surface area contributed by atoms with Crippen molar-refractivity contribution in [2.45, 2.75) is 6.42 Å². The van der Waals surface area contributed by atoms with Crippen molar-refractivity contribution in [2.75, 3.05) is 44.4 Å². The molecule has 3 amide bonds. The van der Waals surface area contributed by atoms with E-state index in [1.165, 1.54) is 24.3 Å². The number of halogens is 2. The molecule has 38 heavy (non-hydrogen) atoms. The van der Waals surface area contributed by atoms with Crippen molar-refractivity contribution in [3.63, 3.8) is 0 Å². The minimum absolute atomic E-state index is 0.0874. The third-order valence-corrected chi connectivity index (χ3v) is 5.73. The third-order valence-electron chi connectivity index (χ3n) is 5.50. The number of carbonyl (C=O) groups excluding carboxylic acids is 2. The summed E-state index contributed by atoms with van der Waals surface area (Å²) < 4.78 is 14.9. The van der Waals surface area contributed by atoms with E-state index in [9.17, 15) is 14.0 Å². The molecule has 3 aromatic carbocycles. The molecule has 0 spiro atoms. The van der Waals surface area contributed by atoms with Crippen LogP contribution < -0.4 is 10.2 Å². The Morgan fingerprint density at radius 1 is 1.05 bits per heavy atom. The second-order valence-electron chi connectivity index (χ2n) is 8.79. The zero-order chi connectivity index (χ0) is 27.7. The van der Waals surface area contributed by atoms with Crippen molar-refractivity contribution in [3.8, 4) is 12.3 Å². The first-order valence-corrected chi connectivity index (χ1v) is 12.2. The van der Waals surface area contributed by atoms with Crippen molar-refractivity contribution in [1.29, 1.82) is 0 Å². The van der Waals surface area contributed by atoms with Gasteiger partial charge in [-0.15, -0.1) is 6.42 Å². The van der Waals surface area contributed by atoms with Gasteiger partial charge in [0.15, 0.2) is 0 Å². The number of rotatable bonds is 9. The van der Waals surface area contributed by atoms with Gasteiger partial charge in [0.2, 0.25) is 0 Å². The highest BCUT2D eigenvalue weighted by molar-refractivity contribution is 6.31. The minimum atomic E-state index is -0.843. The van der Waals surface area contributed by atoms with E-state index in [1.54, 1.807) is 53.7 Å². The summed E-state index contributed by atoms with van der Waals surface area (Å²) in [5.74, 6) is 1.18. The number of nitrogens with one attached hydrogen (secondary N) is 1. The number of hydrazone groups is 1. The molecule has 0 heterocycles. The van der Waals surface area contributed by atoms with E-state index in [2.05, 4.69) is 21.2 Å². The van der Waals surface area contributed by atoms with Crippen LogP contribution in [0.4, 0.5) is 20.6 Å². The van der Waals surface area contributed by atoms with Gasteiger partial charge < -0.3 is 15.2 Å². The predicted molar refractivity (Wildman–Crippen MR) is 151 cm³/mol. The molecule has 0 atom stereocenters. The molecule has 0 aromatic heterocycles. The SMILES string of the molecule is C#Cc1ccc(N(C(=O)Nc2ccc(C=NN(C)CCCN(C)C)cc2F)C(=O)c2cccc(Cl)c2)cc1. The maximum Gasteiger partial charge on any atom is 0.333 e. The van der Waals surface area contributed by atoms with Crippen LogP contribution >= 0.6 is 11.6 Å². The molecule has 7 nitrogen and oxygen atoms in total. The molecule has 0 radical (unpaired) electrons. The van der Waals surface area contributed by atoms with Crippen LogP contribution in [0.25, 0.3) is 0 Å². The van der Waals surface area contributed by atoms with E-state index in [4.69, 9.17) is 18.0 Å². The summed E-state index contributed by atoms with van der Waals surface area (Å²) in [5.41, 5.74) is 1.46. The van der Waals surface area contributed by atoms with Crippen LogP contribution in [0.15, 0.2) is 71.8 Å². The van der Waals surface area contributed by atoms with E-state index >= 15 is 0 Å².